The third-order valence-electron chi connectivity index (χ3n) is 2.88. The summed E-state index contributed by atoms with van der Waals surface area (Å²) >= 11 is 0. The average molecular weight is 234 g/mol. The van der Waals surface area contributed by atoms with E-state index in [0.29, 0.717) is 6.54 Å². The summed E-state index contributed by atoms with van der Waals surface area (Å²) in [6.07, 6.45) is 0.992. The van der Waals surface area contributed by atoms with Crippen molar-refractivity contribution in [3.05, 3.63) is 29.8 Å². The Balaban J connectivity index is 2.55. The van der Waals surface area contributed by atoms with Crippen LogP contribution < -0.4 is 11.1 Å². The van der Waals surface area contributed by atoms with Crippen LogP contribution in [0.1, 0.15) is 37.6 Å². The molecule has 0 saturated carbocycles. The van der Waals surface area contributed by atoms with Crippen molar-refractivity contribution in [3.63, 3.8) is 0 Å². The van der Waals surface area contributed by atoms with E-state index < -0.39 is 0 Å². The lowest BCUT2D eigenvalue weighted by molar-refractivity contribution is 0.101. The molecule has 0 spiro atoms. The van der Waals surface area contributed by atoms with Crippen LogP contribution in [0.5, 0.6) is 0 Å². The quantitative estimate of drug-likeness (QED) is 0.744. The number of carbonyl (C=O) groups excluding carboxylic acids is 1. The molecule has 3 nitrogen and oxygen atoms in total. The summed E-state index contributed by atoms with van der Waals surface area (Å²) < 4.78 is 0. The van der Waals surface area contributed by atoms with Gasteiger partial charge in [-0.15, -0.1) is 0 Å². The normalized spacial score (nSPS) is 11.3. The molecule has 0 bridgehead atoms. The summed E-state index contributed by atoms with van der Waals surface area (Å²) in [5.74, 6) is 0.0972. The Labute approximate surface area is 103 Å². The lowest BCUT2D eigenvalue weighted by Crippen LogP contribution is -2.26. The van der Waals surface area contributed by atoms with Gasteiger partial charge >= 0.3 is 0 Å². The molecule has 0 aromatic heterocycles. The highest BCUT2D eigenvalue weighted by atomic mass is 16.1. The van der Waals surface area contributed by atoms with Gasteiger partial charge in [-0.25, -0.2) is 0 Å². The van der Waals surface area contributed by atoms with Crippen LogP contribution in [0.3, 0.4) is 0 Å². The third kappa shape index (κ3) is 4.57. The van der Waals surface area contributed by atoms with Gasteiger partial charge in [-0.2, -0.15) is 0 Å². The van der Waals surface area contributed by atoms with Gasteiger partial charge in [0.05, 0.1) is 0 Å². The topological polar surface area (TPSA) is 55.1 Å². The van der Waals surface area contributed by atoms with Crippen LogP contribution >= 0.6 is 0 Å². The first-order chi connectivity index (χ1) is 7.94. The molecule has 0 atom stereocenters. The molecule has 0 aliphatic carbocycles. The van der Waals surface area contributed by atoms with E-state index in [-0.39, 0.29) is 11.2 Å². The SMILES string of the molecule is CC(=O)c1ccc(NCC(C)(C)CCN)cc1. The van der Waals surface area contributed by atoms with Crippen molar-refractivity contribution in [2.75, 3.05) is 18.4 Å². The maximum Gasteiger partial charge on any atom is 0.159 e. The van der Waals surface area contributed by atoms with Crippen molar-refractivity contribution < 1.29 is 4.79 Å². The minimum Gasteiger partial charge on any atom is -0.385 e. The van der Waals surface area contributed by atoms with E-state index in [0.717, 1.165) is 24.2 Å². The smallest absolute Gasteiger partial charge is 0.159 e. The highest BCUT2D eigenvalue weighted by Crippen LogP contribution is 2.20. The molecule has 94 valence electrons. The van der Waals surface area contributed by atoms with Gasteiger partial charge in [-0.3, -0.25) is 4.79 Å². The fourth-order valence-electron chi connectivity index (χ4n) is 1.64. The maximum atomic E-state index is 11.1. The Bertz CT molecular complexity index is 368. The molecule has 17 heavy (non-hydrogen) atoms. The molecule has 1 aromatic carbocycles. The highest BCUT2D eigenvalue weighted by Gasteiger charge is 2.16. The van der Waals surface area contributed by atoms with E-state index in [4.69, 9.17) is 5.73 Å². The van der Waals surface area contributed by atoms with Crippen molar-refractivity contribution in [3.8, 4) is 0 Å². The van der Waals surface area contributed by atoms with Crippen LogP contribution in [0.15, 0.2) is 24.3 Å². The van der Waals surface area contributed by atoms with Crippen molar-refractivity contribution in [2.24, 2.45) is 11.1 Å². The number of carbonyl (C=O) groups is 1. The fourth-order valence-corrected chi connectivity index (χ4v) is 1.64. The van der Waals surface area contributed by atoms with Crippen LogP contribution in [0.2, 0.25) is 0 Å². The molecule has 0 radical (unpaired) electrons. The second-order valence-electron chi connectivity index (χ2n) is 5.19. The summed E-state index contributed by atoms with van der Waals surface area (Å²) in [4.78, 5) is 11.1. The first-order valence-electron chi connectivity index (χ1n) is 5.99. The number of nitrogens with one attached hydrogen (secondary N) is 1. The second kappa shape index (κ2) is 5.82. The number of benzene rings is 1. The Morgan fingerprint density at radius 3 is 2.35 bits per heavy atom. The molecule has 0 aliphatic rings. The predicted molar refractivity (Wildman–Crippen MR) is 72.4 cm³/mol. The van der Waals surface area contributed by atoms with Crippen LogP contribution in [-0.2, 0) is 0 Å². The van der Waals surface area contributed by atoms with Crippen LogP contribution in [0.25, 0.3) is 0 Å². The lowest BCUT2D eigenvalue weighted by atomic mass is 9.89. The minimum atomic E-state index is 0.0972. The predicted octanol–water partition coefficient (Wildman–Crippen LogP) is 2.68. The first kappa shape index (κ1) is 13.7. The number of rotatable bonds is 6. The van der Waals surface area contributed by atoms with Crippen LogP contribution in [0, 0.1) is 5.41 Å². The van der Waals surface area contributed by atoms with Crippen LogP contribution in [0.4, 0.5) is 5.69 Å². The summed E-state index contributed by atoms with van der Waals surface area (Å²) in [7, 11) is 0. The molecule has 0 heterocycles. The summed E-state index contributed by atoms with van der Waals surface area (Å²) in [5.41, 5.74) is 7.55. The molecule has 3 heteroatoms. The largest absolute Gasteiger partial charge is 0.385 e. The molecule has 0 amide bonds. The van der Waals surface area contributed by atoms with E-state index in [2.05, 4.69) is 19.2 Å². The molecule has 0 unspecified atom stereocenters. The Hall–Kier alpha value is -1.35. The van der Waals surface area contributed by atoms with Gasteiger partial charge in [0.2, 0.25) is 0 Å². The van der Waals surface area contributed by atoms with E-state index in [1.807, 2.05) is 24.3 Å². The molecule has 1 aromatic rings. The summed E-state index contributed by atoms with van der Waals surface area (Å²) in [6.45, 7) is 7.54. The monoisotopic (exact) mass is 234 g/mol. The van der Waals surface area contributed by atoms with Gasteiger partial charge < -0.3 is 11.1 Å². The number of ketones is 1. The lowest BCUT2D eigenvalue weighted by Gasteiger charge is -2.24. The number of anilines is 1. The number of nitrogens with two attached hydrogens (primary N) is 1. The Morgan fingerprint density at radius 2 is 1.88 bits per heavy atom. The maximum absolute atomic E-state index is 11.1. The second-order valence-corrected chi connectivity index (χ2v) is 5.19. The molecular weight excluding hydrogens is 212 g/mol. The van der Waals surface area contributed by atoms with E-state index in [1.54, 1.807) is 6.92 Å². The van der Waals surface area contributed by atoms with Crippen molar-refractivity contribution >= 4 is 11.5 Å². The standard InChI is InChI=1S/C14H22N2O/c1-11(17)12-4-6-13(7-5-12)16-10-14(2,3)8-9-15/h4-7,16H,8-10,15H2,1-3H3. The van der Waals surface area contributed by atoms with E-state index in [1.165, 1.54) is 0 Å². The van der Waals surface area contributed by atoms with Crippen LogP contribution in [-0.4, -0.2) is 18.9 Å². The zero-order valence-corrected chi connectivity index (χ0v) is 10.9. The summed E-state index contributed by atoms with van der Waals surface area (Å²) in [6, 6.07) is 7.58. The van der Waals surface area contributed by atoms with Gasteiger partial charge in [-0.1, -0.05) is 13.8 Å². The zero-order chi connectivity index (χ0) is 12.9. The molecular formula is C14H22N2O. The van der Waals surface area contributed by atoms with Crippen molar-refractivity contribution in [1.29, 1.82) is 0 Å². The fraction of sp³-hybridized carbons (Fsp3) is 0.500. The van der Waals surface area contributed by atoms with Gasteiger partial charge in [0, 0.05) is 17.8 Å². The van der Waals surface area contributed by atoms with E-state index >= 15 is 0 Å². The Morgan fingerprint density at radius 1 is 1.29 bits per heavy atom. The average Bonchev–Trinajstić information content (AvgIpc) is 2.27. The van der Waals surface area contributed by atoms with Crippen molar-refractivity contribution in [2.45, 2.75) is 27.2 Å². The zero-order valence-electron chi connectivity index (χ0n) is 10.9. The number of hydrogen-bond acceptors (Lipinski definition) is 3. The van der Waals surface area contributed by atoms with E-state index in [9.17, 15) is 4.79 Å². The van der Waals surface area contributed by atoms with Gasteiger partial charge in [0.1, 0.15) is 0 Å². The molecule has 0 aliphatic heterocycles. The molecule has 0 saturated heterocycles. The van der Waals surface area contributed by atoms with Crippen molar-refractivity contribution in [1.82, 2.24) is 0 Å². The molecule has 1 rings (SSSR count). The van der Waals surface area contributed by atoms with Gasteiger partial charge in [0.15, 0.2) is 5.78 Å². The number of Topliss-reactive ketones (excluding diaryl/α,β-unsaturated/α-hetero) is 1. The third-order valence-corrected chi connectivity index (χ3v) is 2.88. The first-order valence-corrected chi connectivity index (χ1v) is 5.99. The molecule has 3 N–H and O–H groups in total. The minimum absolute atomic E-state index is 0.0972. The van der Waals surface area contributed by atoms with Gasteiger partial charge in [0.25, 0.3) is 0 Å². The Kier molecular flexibility index (Phi) is 4.70. The summed E-state index contributed by atoms with van der Waals surface area (Å²) in [5, 5.41) is 3.37. The number of hydrogen-bond donors (Lipinski definition) is 2. The van der Waals surface area contributed by atoms with Gasteiger partial charge in [-0.05, 0) is 49.6 Å². The molecule has 0 fully saturated rings. The highest BCUT2D eigenvalue weighted by molar-refractivity contribution is 5.94.